The van der Waals surface area contributed by atoms with Crippen LogP contribution in [0.15, 0.2) is 0 Å². The first kappa shape index (κ1) is 13.4. The summed E-state index contributed by atoms with van der Waals surface area (Å²) >= 11 is 0. The summed E-state index contributed by atoms with van der Waals surface area (Å²) in [4.78, 5) is 13.0. The molecule has 0 atom stereocenters. The van der Waals surface area contributed by atoms with E-state index in [1.54, 1.807) is 14.1 Å². The van der Waals surface area contributed by atoms with Crippen molar-refractivity contribution in [2.75, 3.05) is 27.2 Å². The fourth-order valence-corrected chi connectivity index (χ4v) is 2.90. The van der Waals surface area contributed by atoms with Crippen LogP contribution in [0.5, 0.6) is 0 Å². The minimum absolute atomic E-state index is 0.250. The average Bonchev–Trinajstić information content (AvgIpc) is 2.16. The van der Waals surface area contributed by atoms with Crippen molar-refractivity contribution in [3.8, 4) is 0 Å². The third-order valence-electron chi connectivity index (χ3n) is 2.44. The van der Waals surface area contributed by atoms with Crippen LogP contribution in [0.25, 0.3) is 0 Å². The second-order valence-corrected chi connectivity index (χ2v) is 5.65. The molecule has 0 aromatic heterocycles. The van der Waals surface area contributed by atoms with Crippen LogP contribution in [-0.2, 0) is 15.0 Å². The third-order valence-corrected chi connectivity index (χ3v) is 4.08. The van der Waals surface area contributed by atoms with Gasteiger partial charge < -0.3 is 5.11 Å². The van der Waals surface area contributed by atoms with Crippen molar-refractivity contribution in [3.63, 3.8) is 0 Å². The topological polar surface area (TPSA) is 90.0 Å². The van der Waals surface area contributed by atoms with E-state index in [-0.39, 0.29) is 13.1 Å². The molecule has 1 aliphatic rings. The van der Waals surface area contributed by atoms with Crippen molar-refractivity contribution in [1.82, 2.24) is 14.1 Å². The highest BCUT2D eigenvalue weighted by molar-refractivity contribution is 7.87. The van der Waals surface area contributed by atoms with Crippen molar-refractivity contribution >= 4 is 16.2 Å². The van der Waals surface area contributed by atoms with Crippen LogP contribution < -0.4 is 4.83 Å². The number of piperidine rings is 1. The van der Waals surface area contributed by atoms with Crippen LogP contribution in [0, 0.1) is 5.92 Å². The van der Waals surface area contributed by atoms with E-state index in [2.05, 4.69) is 4.83 Å². The van der Waals surface area contributed by atoms with Gasteiger partial charge in [0.25, 0.3) is 10.2 Å². The van der Waals surface area contributed by atoms with E-state index in [9.17, 15) is 13.2 Å². The number of hydrogen-bond acceptors (Lipinski definition) is 4. The van der Waals surface area contributed by atoms with E-state index in [1.807, 2.05) is 0 Å². The van der Waals surface area contributed by atoms with E-state index in [4.69, 9.17) is 5.11 Å². The van der Waals surface area contributed by atoms with Gasteiger partial charge >= 0.3 is 5.97 Å². The zero-order valence-electron chi connectivity index (χ0n) is 9.38. The lowest BCUT2D eigenvalue weighted by Gasteiger charge is -2.30. The molecule has 7 nitrogen and oxygen atoms in total. The standard InChI is InChI=1S/C8H17N3O4S/c1-10(2)9-16(14,15)11-5-3-7(4-6-11)8(12)13/h7,9H,3-6H2,1-2H3,(H,12,13). The molecule has 1 saturated heterocycles. The lowest BCUT2D eigenvalue weighted by atomic mass is 9.99. The number of carbonyl (C=O) groups is 1. The van der Waals surface area contributed by atoms with E-state index in [0.717, 1.165) is 0 Å². The van der Waals surface area contributed by atoms with Gasteiger partial charge in [-0.05, 0) is 12.8 Å². The number of carboxylic acid groups (broad SMARTS) is 1. The molecule has 1 aliphatic heterocycles. The smallest absolute Gasteiger partial charge is 0.306 e. The summed E-state index contributed by atoms with van der Waals surface area (Å²) in [5, 5.41) is 10.1. The first-order chi connectivity index (χ1) is 7.33. The Kier molecular flexibility index (Phi) is 4.25. The van der Waals surface area contributed by atoms with Gasteiger partial charge in [-0.3, -0.25) is 4.79 Å². The van der Waals surface area contributed by atoms with E-state index >= 15 is 0 Å². The SMILES string of the molecule is CN(C)NS(=O)(=O)N1CCC(C(=O)O)CC1. The molecule has 0 bridgehead atoms. The minimum Gasteiger partial charge on any atom is -0.481 e. The molecule has 0 saturated carbocycles. The molecule has 0 unspecified atom stereocenters. The molecule has 94 valence electrons. The maximum atomic E-state index is 11.7. The van der Waals surface area contributed by atoms with Crippen molar-refractivity contribution in [1.29, 1.82) is 0 Å². The highest BCUT2D eigenvalue weighted by atomic mass is 32.2. The van der Waals surface area contributed by atoms with Gasteiger partial charge in [-0.25, -0.2) is 5.01 Å². The van der Waals surface area contributed by atoms with Crippen LogP contribution in [0.2, 0.25) is 0 Å². The maximum absolute atomic E-state index is 11.7. The normalized spacial score (nSPS) is 20.2. The molecule has 0 aromatic rings. The second-order valence-electron chi connectivity index (χ2n) is 4.00. The Labute approximate surface area is 95.2 Å². The first-order valence-corrected chi connectivity index (χ1v) is 6.44. The molecule has 0 aromatic carbocycles. The Hall–Kier alpha value is -0.700. The van der Waals surface area contributed by atoms with Crippen LogP contribution >= 0.6 is 0 Å². The van der Waals surface area contributed by atoms with Crippen molar-refractivity contribution < 1.29 is 18.3 Å². The Morgan fingerprint density at radius 3 is 2.25 bits per heavy atom. The molecular formula is C8H17N3O4S. The first-order valence-electron chi connectivity index (χ1n) is 5.00. The van der Waals surface area contributed by atoms with Gasteiger partial charge in [-0.15, -0.1) is 4.83 Å². The van der Waals surface area contributed by atoms with Crippen LogP contribution in [0.1, 0.15) is 12.8 Å². The van der Waals surface area contributed by atoms with Crippen molar-refractivity contribution in [3.05, 3.63) is 0 Å². The molecule has 0 amide bonds. The maximum Gasteiger partial charge on any atom is 0.306 e. The van der Waals surface area contributed by atoms with E-state index in [0.29, 0.717) is 12.8 Å². The summed E-state index contributed by atoms with van der Waals surface area (Å²) in [5.41, 5.74) is 0. The van der Waals surface area contributed by atoms with Crippen LogP contribution in [0.4, 0.5) is 0 Å². The summed E-state index contributed by atoms with van der Waals surface area (Å²) in [7, 11) is -0.346. The lowest BCUT2D eigenvalue weighted by Crippen LogP contribution is -2.49. The summed E-state index contributed by atoms with van der Waals surface area (Å²) in [6, 6.07) is 0. The largest absolute Gasteiger partial charge is 0.481 e. The molecule has 16 heavy (non-hydrogen) atoms. The molecule has 1 heterocycles. The van der Waals surface area contributed by atoms with Crippen LogP contribution in [-0.4, -0.2) is 56.0 Å². The van der Waals surface area contributed by atoms with Crippen LogP contribution in [0.3, 0.4) is 0 Å². The number of hydrazine groups is 1. The number of aliphatic carboxylic acids is 1. The third kappa shape index (κ3) is 3.41. The summed E-state index contributed by atoms with van der Waals surface area (Å²) in [6.45, 7) is 0.500. The van der Waals surface area contributed by atoms with Gasteiger partial charge in [-0.2, -0.15) is 12.7 Å². The Morgan fingerprint density at radius 1 is 1.38 bits per heavy atom. The molecule has 1 fully saturated rings. The quantitative estimate of drug-likeness (QED) is 0.632. The zero-order chi connectivity index (χ0) is 12.3. The van der Waals surface area contributed by atoms with Gasteiger partial charge in [-0.1, -0.05) is 0 Å². The highest BCUT2D eigenvalue weighted by Gasteiger charge is 2.30. The van der Waals surface area contributed by atoms with Gasteiger partial charge in [0.2, 0.25) is 0 Å². The predicted octanol–water partition coefficient (Wildman–Crippen LogP) is -0.906. The lowest BCUT2D eigenvalue weighted by molar-refractivity contribution is -0.142. The van der Waals surface area contributed by atoms with Crippen molar-refractivity contribution in [2.45, 2.75) is 12.8 Å². The summed E-state index contributed by atoms with van der Waals surface area (Å²) in [6.07, 6.45) is 0.730. The summed E-state index contributed by atoms with van der Waals surface area (Å²) < 4.78 is 24.7. The molecule has 1 rings (SSSR count). The van der Waals surface area contributed by atoms with Gasteiger partial charge in [0.1, 0.15) is 0 Å². The molecule has 8 heteroatoms. The molecular weight excluding hydrogens is 234 g/mol. The molecule has 0 spiro atoms. The van der Waals surface area contributed by atoms with Crippen molar-refractivity contribution in [2.24, 2.45) is 5.92 Å². The number of nitrogens with one attached hydrogen (secondary N) is 1. The zero-order valence-corrected chi connectivity index (χ0v) is 10.2. The Morgan fingerprint density at radius 2 is 1.88 bits per heavy atom. The molecule has 2 N–H and O–H groups in total. The number of nitrogens with zero attached hydrogens (tertiary/aromatic N) is 2. The van der Waals surface area contributed by atoms with Gasteiger partial charge in [0.05, 0.1) is 5.92 Å². The fourth-order valence-electron chi connectivity index (χ4n) is 1.63. The van der Waals surface area contributed by atoms with Gasteiger partial charge in [0.15, 0.2) is 0 Å². The monoisotopic (exact) mass is 251 g/mol. The Bertz CT molecular complexity index is 346. The Balaban J connectivity index is 2.56. The minimum atomic E-state index is -3.52. The van der Waals surface area contributed by atoms with E-state index in [1.165, 1.54) is 9.31 Å². The van der Waals surface area contributed by atoms with Gasteiger partial charge in [0, 0.05) is 27.2 Å². The fraction of sp³-hybridized carbons (Fsp3) is 0.875. The predicted molar refractivity (Wildman–Crippen MR) is 57.7 cm³/mol. The molecule has 0 radical (unpaired) electrons. The highest BCUT2D eigenvalue weighted by Crippen LogP contribution is 2.18. The van der Waals surface area contributed by atoms with E-state index < -0.39 is 22.1 Å². The number of rotatable bonds is 4. The average molecular weight is 251 g/mol. The number of hydrogen-bond donors (Lipinski definition) is 2. The molecule has 0 aliphatic carbocycles. The second kappa shape index (κ2) is 5.09. The number of carboxylic acids is 1. The summed E-state index contributed by atoms with van der Waals surface area (Å²) in [5.74, 6) is -1.27.